The van der Waals surface area contributed by atoms with Crippen molar-refractivity contribution in [2.24, 2.45) is 0 Å². The van der Waals surface area contributed by atoms with Crippen molar-refractivity contribution in [1.82, 2.24) is 0 Å². The topological polar surface area (TPSA) is 47.3 Å². The van der Waals surface area contributed by atoms with Crippen LogP contribution in [0.5, 0.6) is 0 Å². The largest absolute Gasteiger partial charge is 0.423 e. The first-order chi connectivity index (χ1) is 5.75. The minimum absolute atomic E-state index is 0.0307. The van der Waals surface area contributed by atoms with Crippen molar-refractivity contribution in [2.75, 3.05) is 0 Å². The highest BCUT2D eigenvalue weighted by Crippen LogP contribution is 1.88. The van der Waals surface area contributed by atoms with Gasteiger partial charge in [-0.25, -0.2) is 4.79 Å². The number of rotatable bonds is 0. The minimum Gasteiger partial charge on any atom is -0.423 e. The zero-order valence-corrected chi connectivity index (χ0v) is 6.24. The van der Waals surface area contributed by atoms with E-state index in [1.165, 1.54) is 12.1 Å². The molecule has 2 rings (SSSR count). The fourth-order valence-electron chi connectivity index (χ4n) is 1.14. The second-order valence-electron chi connectivity index (χ2n) is 2.59. The Bertz CT molecular complexity index is 493. The lowest BCUT2D eigenvalue weighted by atomic mass is 10.1. The van der Waals surface area contributed by atoms with E-state index in [0.29, 0.717) is 11.8 Å². The Kier molecular flexibility index (Phi) is 1.43. The summed E-state index contributed by atoms with van der Waals surface area (Å²) >= 11 is 0. The van der Waals surface area contributed by atoms with Gasteiger partial charge in [-0.15, -0.1) is 0 Å². The Morgan fingerprint density at radius 2 is 2.08 bits per heavy atom. The van der Waals surface area contributed by atoms with Crippen molar-refractivity contribution < 1.29 is 9.21 Å². The van der Waals surface area contributed by atoms with Crippen LogP contribution in [0.1, 0.15) is 6.42 Å². The second kappa shape index (κ2) is 2.44. The van der Waals surface area contributed by atoms with Gasteiger partial charge >= 0.3 is 5.63 Å². The molecule has 60 valence electrons. The lowest BCUT2D eigenvalue weighted by Crippen LogP contribution is -2.31. The highest BCUT2D eigenvalue weighted by molar-refractivity contribution is 6.08. The Morgan fingerprint density at radius 3 is 2.92 bits per heavy atom. The van der Waals surface area contributed by atoms with E-state index in [9.17, 15) is 9.59 Å². The number of carbonyl (C=O) groups is 1. The highest BCUT2D eigenvalue weighted by Gasteiger charge is 2.02. The lowest BCUT2D eigenvalue weighted by Gasteiger charge is -1.95. The fourth-order valence-corrected chi connectivity index (χ4v) is 1.14. The number of hydrogen-bond acceptors (Lipinski definition) is 3. The molecular formula is C9H6O3. The predicted molar refractivity (Wildman–Crippen MR) is 42.8 cm³/mol. The summed E-state index contributed by atoms with van der Waals surface area (Å²) in [6.45, 7) is 0. The van der Waals surface area contributed by atoms with Gasteiger partial charge in [0.05, 0.1) is 0 Å². The van der Waals surface area contributed by atoms with E-state index in [1.807, 2.05) is 0 Å². The molecule has 0 aliphatic heterocycles. The average Bonchev–Trinajstić information content (AvgIpc) is 2.03. The van der Waals surface area contributed by atoms with Crippen molar-refractivity contribution >= 4 is 17.9 Å². The van der Waals surface area contributed by atoms with E-state index in [0.717, 1.165) is 5.22 Å². The van der Waals surface area contributed by atoms with Crippen molar-refractivity contribution in [3.05, 3.63) is 33.2 Å². The Balaban J connectivity index is 2.90. The molecule has 3 heteroatoms. The third-order valence-electron chi connectivity index (χ3n) is 1.71. The predicted octanol–water partition coefficient (Wildman–Crippen LogP) is -0.826. The molecule has 0 amide bonds. The zero-order chi connectivity index (χ0) is 8.55. The van der Waals surface area contributed by atoms with Gasteiger partial charge in [0.1, 0.15) is 5.42 Å². The summed E-state index contributed by atoms with van der Waals surface area (Å²) in [6.07, 6.45) is 3.50. The third kappa shape index (κ3) is 1.09. The second-order valence-corrected chi connectivity index (χ2v) is 2.59. The average molecular weight is 162 g/mol. The normalized spacial score (nSPS) is 14.5. The van der Waals surface area contributed by atoms with Crippen molar-refractivity contribution in [3.63, 3.8) is 0 Å². The summed E-state index contributed by atoms with van der Waals surface area (Å²) in [7, 11) is 0. The minimum atomic E-state index is -0.423. The standard InChI is InChI=1S/C9H6O3/c10-7-3-1-6-2-4-9(11)12-8(6)5-7/h1-2,4-5H,3H2. The summed E-state index contributed by atoms with van der Waals surface area (Å²) in [5.74, 6) is -0.0307. The van der Waals surface area contributed by atoms with E-state index >= 15 is 0 Å². The molecule has 0 atom stereocenters. The fraction of sp³-hybridized carbons (Fsp3) is 0.111. The number of Topliss-reactive ketones (excluding diaryl/α,β-unsaturated/α-hetero) is 1. The number of carbonyl (C=O) groups excluding carboxylic acids is 1. The molecule has 3 nitrogen and oxygen atoms in total. The Labute approximate surface area is 67.6 Å². The zero-order valence-electron chi connectivity index (χ0n) is 6.24. The van der Waals surface area contributed by atoms with E-state index < -0.39 is 5.63 Å². The van der Waals surface area contributed by atoms with Crippen LogP contribution >= 0.6 is 0 Å². The van der Waals surface area contributed by atoms with E-state index in [1.54, 1.807) is 12.1 Å². The first-order valence-corrected chi connectivity index (χ1v) is 3.61. The maximum atomic E-state index is 10.9. The van der Waals surface area contributed by atoms with Crippen LogP contribution in [0.2, 0.25) is 0 Å². The van der Waals surface area contributed by atoms with Gasteiger partial charge in [0.2, 0.25) is 0 Å². The SMILES string of the molecule is O=C1C=c2oc(=O)ccc2=CC1. The Morgan fingerprint density at radius 1 is 1.25 bits per heavy atom. The molecule has 1 aromatic rings. The first-order valence-electron chi connectivity index (χ1n) is 3.61. The van der Waals surface area contributed by atoms with Gasteiger partial charge in [0.25, 0.3) is 0 Å². The molecular weight excluding hydrogens is 156 g/mol. The quantitative estimate of drug-likeness (QED) is 0.500. The van der Waals surface area contributed by atoms with Crippen LogP contribution in [0.4, 0.5) is 0 Å². The molecule has 0 unspecified atom stereocenters. The van der Waals surface area contributed by atoms with Crippen LogP contribution in [0.25, 0.3) is 12.2 Å². The smallest absolute Gasteiger partial charge is 0.336 e. The molecule has 0 spiro atoms. The summed E-state index contributed by atoms with van der Waals surface area (Å²) in [4.78, 5) is 21.6. The van der Waals surface area contributed by atoms with Crippen LogP contribution in [-0.4, -0.2) is 5.78 Å². The van der Waals surface area contributed by atoms with Crippen LogP contribution < -0.4 is 16.3 Å². The Hall–Kier alpha value is -1.64. The first kappa shape index (κ1) is 7.03. The molecule has 0 saturated carbocycles. The number of fused-ring (bicyclic) bond motifs is 1. The van der Waals surface area contributed by atoms with E-state index in [-0.39, 0.29) is 5.78 Å². The number of ketones is 1. The van der Waals surface area contributed by atoms with Gasteiger partial charge in [-0.2, -0.15) is 0 Å². The van der Waals surface area contributed by atoms with Gasteiger partial charge in [-0.05, 0) is 6.07 Å². The molecule has 1 aliphatic carbocycles. The van der Waals surface area contributed by atoms with Gasteiger partial charge in [-0.3, -0.25) is 4.79 Å². The maximum Gasteiger partial charge on any atom is 0.336 e. The molecule has 0 fully saturated rings. The van der Waals surface area contributed by atoms with E-state index in [2.05, 4.69) is 0 Å². The van der Waals surface area contributed by atoms with Gasteiger partial charge in [0, 0.05) is 23.8 Å². The molecule has 0 saturated heterocycles. The van der Waals surface area contributed by atoms with Crippen LogP contribution in [0, 0.1) is 0 Å². The third-order valence-corrected chi connectivity index (χ3v) is 1.71. The molecule has 1 aromatic heterocycles. The van der Waals surface area contributed by atoms with Crippen molar-refractivity contribution in [3.8, 4) is 0 Å². The van der Waals surface area contributed by atoms with Gasteiger partial charge in [0.15, 0.2) is 5.78 Å². The molecule has 0 N–H and O–H groups in total. The molecule has 0 aromatic carbocycles. The summed E-state index contributed by atoms with van der Waals surface area (Å²) in [5, 5.41) is 0.814. The van der Waals surface area contributed by atoms with Crippen LogP contribution in [0.3, 0.4) is 0 Å². The monoisotopic (exact) mass is 162 g/mol. The summed E-state index contributed by atoms with van der Waals surface area (Å²) < 4.78 is 4.81. The molecule has 0 radical (unpaired) electrons. The summed E-state index contributed by atoms with van der Waals surface area (Å²) in [5.41, 5.74) is -0.0492. The van der Waals surface area contributed by atoms with Crippen LogP contribution in [-0.2, 0) is 4.79 Å². The summed E-state index contributed by atoms with van der Waals surface area (Å²) in [6, 6.07) is 3.00. The van der Waals surface area contributed by atoms with Gasteiger partial charge in [-0.1, -0.05) is 6.08 Å². The van der Waals surface area contributed by atoms with Gasteiger partial charge < -0.3 is 4.42 Å². The lowest BCUT2D eigenvalue weighted by molar-refractivity contribution is -0.112. The number of hydrogen-bond donors (Lipinski definition) is 0. The molecule has 0 bridgehead atoms. The molecule has 1 heterocycles. The maximum absolute atomic E-state index is 10.9. The van der Waals surface area contributed by atoms with E-state index in [4.69, 9.17) is 4.42 Å². The molecule has 12 heavy (non-hydrogen) atoms. The van der Waals surface area contributed by atoms with Crippen molar-refractivity contribution in [1.29, 1.82) is 0 Å². The highest BCUT2D eigenvalue weighted by atomic mass is 16.4. The van der Waals surface area contributed by atoms with Crippen molar-refractivity contribution in [2.45, 2.75) is 6.42 Å². The molecule has 1 aliphatic rings. The van der Waals surface area contributed by atoms with Crippen LogP contribution in [0.15, 0.2) is 21.3 Å².